The van der Waals surface area contributed by atoms with Crippen LogP contribution in [0, 0.1) is 0 Å². The zero-order valence-corrected chi connectivity index (χ0v) is 13.8. The summed E-state index contributed by atoms with van der Waals surface area (Å²) in [5, 5.41) is 21.9. The van der Waals surface area contributed by atoms with Gasteiger partial charge in [-0.3, -0.25) is 4.79 Å². The number of alkyl halides is 1. The van der Waals surface area contributed by atoms with Crippen LogP contribution >= 0.6 is 11.6 Å². The number of carbonyl (C=O) groups excluding carboxylic acids is 1. The molecule has 1 atom stereocenters. The number of nitrogens with one attached hydrogen (secondary N) is 1. The van der Waals surface area contributed by atoms with Crippen molar-refractivity contribution in [3.05, 3.63) is 29.3 Å². The van der Waals surface area contributed by atoms with E-state index in [2.05, 4.69) is 5.32 Å². The van der Waals surface area contributed by atoms with E-state index in [0.717, 1.165) is 0 Å². The Bertz CT molecular complexity index is 616. The molecule has 1 heterocycles. The lowest BCUT2D eigenvalue weighted by Crippen LogP contribution is -2.53. The van der Waals surface area contributed by atoms with Crippen LogP contribution in [-0.4, -0.2) is 39.9 Å². The molecule has 8 heteroatoms. The Morgan fingerprint density at radius 3 is 2.78 bits per heavy atom. The number of halogens is 1. The van der Waals surface area contributed by atoms with Gasteiger partial charge >= 0.3 is 13.1 Å². The minimum Gasteiger partial charge on any atom is -0.534 e. The predicted octanol–water partition coefficient (Wildman–Crippen LogP) is 1.62. The van der Waals surface area contributed by atoms with Gasteiger partial charge in [-0.05, 0) is 38.3 Å². The molecule has 23 heavy (non-hydrogen) atoms. The Balaban J connectivity index is 2.06. The average molecular weight is 340 g/mol. The molecule has 0 spiro atoms. The number of rotatable bonds is 5. The summed E-state index contributed by atoms with van der Waals surface area (Å²) in [5.74, 6) is -1.83. The molecule has 0 aliphatic carbocycles. The average Bonchev–Trinajstić information content (AvgIpc) is 2.44. The van der Waals surface area contributed by atoms with E-state index >= 15 is 0 Å². The van der Waals surface area contributed by atoms with E-state index in [-0.39, 0.29) is 23.6 Å². The van der Waals surface area contributed by atoms with Crippen LogP contribution in [0.3, 0.4) is 0 Å². The third-order valence-corrected chi connectivity index (χ3v) is 3.83. The maximum absolute atomic E-state index is 12.0. The van der Waals surface area contributed by atoms with Crippen molar-refractivity contribution in [1.29, 1.82) is 0 Å². The molecule has 1 aliphatic rings. The standard InChI is InChI=1S/C15H19BClNO5/c1-15(2,17)7-6-12(19)18-11-8-9-4-3-5-10(14(20)21)13(9)23-16(11)22/h3-5,11,22H,6-8H2,1-2H3,(H,18,19)(H,20,21). The van der Waals surface area contributed by atoms with E-state index in [9.17, 15) is 14.6 Å². The van der Waals surface area contributed by atoms with Crippen LogP contribution in [0.4, 0.5) is 0 Å². The number of hydrogen-bond acceptors (Lipinski definition) is 4. The van der Waals surface area contributed by atoms with Gasteiger partial charge in [0.2, 0.25) is 5.91 Å². The molecule has 1 unspecified atom stereocenters. The van der Waals surface area contributed by atoms with Crippen LogP contribution in [0.2, 0.25) is 0 Å². The van der Waals surface area contributed by atoms with Gasteiger partial charge in [0, 0.05) is 11.3 Å². The second-order valence-electron chi connectivity index (χ2n) is 6.20. The number of aromatic carboxylic acids is 1. The number of carboxylic acids is 1. The summed E-state index contributed by atoms with van der Waals surface area (Å²) in [6, 6.07) is 4.74. The van der Waals surface area contributed by atoms with E-state index in [4.69, 9.17) is 21.4 Å². The van der Waals surface area contributed by atoms with Crippen LogP contribution in [0.25, 0.3) is 0 Å². The first-order valence-corrected chi connectivity index (χ1v) is 7.73. The maximum atomic E-state index is 12.0. The fourth-order valence-corrected chi connectivity index (χ4v) is 2.50. The van der Waals surface area contributed by atoms with Crippen LogP contribution in [0.15, 0.2) is 18.2 Å². The third-order valence-electron chi connectivity index (χ3n) is 3.64. The molecule has 0 fully saturated rings. The topological polar surface area (TPSA) is 95.9 Å². The molecule has 2 rings (SSSR count). The summed E-state index contributed by atoms with van der Waals surface area (Å²) in [7, 11) is -1.30. The fourth-order valence-electron chi connectivity index (χ4n) is 2.41. The van der Waals surface area contributed by atoms with Crippen molar-refractivity contribution >= 4 is 30.6 Å². The van der Waals surface area contributed by atoms with Gasteiger partial charge in [-0.2, -0.15) is 0 Å². The van der Waals surface area contributed by atoms with Gasteiger partial charge in [0.1, 0.15) is 5.75 Å². The summed E-state index contributed by atoms with van der Waals surface area (Å²) in [5.41, 5.74) is 0.633. The normalized spacial score (nSPS) is 17.2. The summed E-state index contributed by atoms with van der Waals surface area (Å²) in [6.07, 6.45) is 1.04. The van der Waals surface area contributed by atoms with Gasteiger partial charge in [0.25, 0.3) is 0 Å². The van der Waals surface area contributed by atoms with Gasteiger partial charge < -0.3 is 20.1 Å². The highest BCUT2D eigenvalue weighted by Crippen LogP contribution is 2.30. The Hall–Kier alpha value is -1.73. The molecule has 0 saturated heterocycles. The highest BCUT2D eigenvalue weighted by molar-refractivity contribution is 6.47. The minimum absolute atomic E-state index is 0.00443. The van der Waals surface area contributed by atoms with E-state index in [1.165, 1.54) is 6.07 Å². The summed E-state index contributed by atoms with van der Waals surface area (Å²) >= 11 is 6.05. The second-order valence-corrected chi connectivity index (χ2v) is 7.23. The molecule has 0 bridgehead atoms. The van der Waals surface area contributed by atoms with Crippen LogP contribution < -0.4 is 9.97 Å². The fraction of sp³-hybridized carbons (Fsp3) is 0.467. The smallest absolute Gasteiger partial charge is 0.534 e. The zero-order chi connectivity index (χ0) is 17.2. The molecule has 124 valence electrons. The molecule has 0 saturated carbocycles. The van der Waals surface area contributed by atoms with Gasteiger partial charge in [-0.25, -0.2) is 4.79 Å². The largest absolute Gasteiger partial charge is 0.547 e. The first kappa shape index (κ1) is 17.6. The van der Waals surface area contributed by atoms with Crippen molar-refractivity contribution in [3.8, 4) is 5.75 Å². The number of carboxylic acid groups (broad SMARTS) is 1. The lowest BCUT2D eigenvalue weighted by molar-refractivity contribution is -0.121. The van der Waals surface area contributed by atoms with Gasteiger partial charge in [-0.15, -0.1) is 11.6 Å². The number of benzene rings is 1. The predicted molar refractivity (Wildman–Crippen MR) is 86.8 cm³/mol. The minimum atomic E-state index is -1.30. The quantitative estimate of drug-likeness (QED) is 0.559. The van der Waals surface area contributed by atoms with Crippen LogP contribution in [0.1, 0.15) is 42.6 Å². The lowest BCUT2D eigenvalue weighted by Gasteiger charge is -2.29. The molecular formula is C15H19BClNO5. The highest BCUT2D eigenvalue weighted by atomic mass is 35.5. The third kappa shape index (κ3) is 4.62. The van der Waals surface area contributed by atoms with Gasteiger partial charge in [0.05, 0.1) is 11.5 Å². The van der Waals surface area contributed by atoms with Crippen molar-refractivity contribution in [2.75, 3.05) is 0 Å². The number of carbonyl (C=O) groups is 2. The molecule has 1 aliphatic heterocycles. The number of hydrogen-bond donors (Lipinski definition) is 3. The molecule has 3 N–H and O–H groups in total. The van der Waals surface area contributed by atoms with E-state index in [1.54, 1.807) is 12.1 Å². The number of amides is 1. The van der Waals surface area contributed by atoms with Crippen LogP contribution in [0.5, 0.6) is 5.75 Å². The molecule has 6 nitrogen and oxygen atoms in total. The Morgan fingerprint density at radius 2 is 2.17 bits per heavy atom. The molecule has 0 aromatic heterocycles. The van der Waals surface area contributed by atoms with Crippen LogP contribution in [-0.2, 0) is 11.2 Å². The van der Waals surface area contributed by atoms with Crippen molar-refractivity contribution in [2.24, 2.45) is 0 Å². The summed E-state index contributed by atoms with van der Waals surface area (Å²) in [6.45, 7) is 3.65. The van der Waals surface area contributed by atoms with Crippen molar-refractivity contribution in [1.82, 2.24) is 5.32 Å². The molecular weight excluding hydrogens is 320 g/mol. The first-order chi connectivity index (χ1) is 10.7. The Kier molecular flexibility index (Phi) is 5.21. The summed E-state index contributed by atoms with van der Waals surface area (Å²) < 4.78 is 5.32. The number of fused-ring (bicyclic) bond motifs is 1. The summed E-state index contributed by atoms with van der Waals surface area (Å²) in [4.78, 5) is 22.7. The van der Waals surface area contributed by atoms with Crippen molar-refractivity contribution in [3.63, 3.8) is 0 Å². The molecule has 0 radical (unpaired) electrons. The lowest BCUT2D eigenvalue weighted by atomic mass is 9.72. The highest BCUT2D eigenvalue weighted by Gasteiger charge is 2.37. The zero-order valence-electron chi connectivity index (χ0n) is 13.0. The number of para-hydroxylation sites is 1. The van der Waals surface area contributed by atoms with Crippen molar-refractivity contribution < 1.29 is 24.4 Å². The molecule has 1 amide bonds. The second kappa shape index (κ2) is 6.80. The van der Waals surface area contributed by atoms with Crippen molar-refractivity contribution in [2.45, 2.75) is 43.9 Å². The Morgan fingerprint density at radius 1 is 1.48 bits per heavy atom. The SMILES string of the molecule is CC(C)(Cl)CCC(=O)NC1Cc2cccc(C(=O)O)c2OB1O. The van der Waals surface area contributed by atoms with E-state index in [0.29, 0.717) is 18.4 Å². The molecule has 1 aromatic carbocycles. The van der Waals surface area contributed by atoms with Gasteiger partial charge in [0.15, 0.2) is 0 Å². The first-order valence-electron chi connectivity index (χ1n) is 7.35. The van der Waals surface area contributed by atoms with Gasteiger partial charge in [-0.1, -0.05) is 12.1 Å². The maximum Gasteiger partial charge on any atom is 0.547 e. The van der Waals surface area contributed by atoms with E-state index in [1.807, 2.05) is 13.8 Å². The molecule has 1 aromatic rings. The monoisotopic (exact) mass is 339 g/mol. The van der Waals surface area contributed by atoms with E-state index < -0.39 is 23.9 Å². The Labute approximate surface area is 139 Å².